The van der Waals surface area contributed by atoms with Crippen LogP contribution in [0.5, 0.6) is 0 Å². The summed E-state index contributed by atoms with van der Waals surface area (Å²) in [5, 5.41) is 0. The van der Waals surface area contributed by atoms with Crippen molar-refractivity contribution in [2.75, 3.05) is 5.75 Å². The van der Waals surface area contributed by atoms with Crippen LogP contribution in [-0.2, 0) is 22.9 Å². The highest BCUT2D eigenvalue weighted by Gasteiger charge is 2.35. The number of halogens is 1. The third kappa shape index (κ3) is 5.38. The summed E-state index contributed by atoms with van der Waals surface area (Å²) in [5.41, 5.74) is 4.30. The van der Waals surface area contributed by atoms with E-state index in [2.05, 4.69) is 9.71 Å². The average molecular weight is 498 g/mol. The van der Waals surface area contributed by atoms with Crippen LogP contribution in [-0.4, -0.2) is 29.8 Å². The largest absolute Gasteiger partial charge is 0.296 e. The number of hydrogen-bond acceptors (Lipinski definition) is 4. The summed E-state index contributed by atoms with van der Waals surface area (Å²) in [6, 6.07) is 12.1. The molecule has 2 aromatic carbocycles. The van der Waals surface area contributed by atoms with E-state index in [4.69, 9.17) is 0 Å². The molecule has 1 heterocycles. The van der Waals surface area contributed by atoms with E-state index in [0.717, 1.165) is 22.4 Å². The van der Waals surface area contributed by atoms with Gasteiger partial charge in [-0.1, -0.05) is 35.9 Å². The lowest BCUT2D eigenvalue weighted by atomic mass is 9.78. The molecule has 1 aliphatic rings. The van der Waals surface area contributed by atoms with E-state index in [1.54, 1.807) is 23.9 Å². The average Bonchev–Trinajstić information content (AvgIpc) is 2.82. The van der Waals surface area contributed by atoms with Crippen molar-refractivity contribution in [3.63, 3.8) is 0 Å². The van der Waals surface area contributed by atoms with Crippen molar-refractivity contribution in [1.29, 1.82) is 0 Å². The van der Waals surface area contributed by atoms with Gasteiger partial charge < -0.3 is 0 Å². The molecule has 2 atom stereocenters. The molecule has 4 rings (SSSR count). The van der Waals surface area contributed by atoms with Crippen LogP contribution in [0.1, 0.15) is 61.5 Å². The van der Waals surface area contributed by atoms with Crippen LogP contribution in [0.2, 0.25) is 0 Å². The van der Waals surface area contributed by atoms with E-state index in [9.17, 15) is 17.6 Å². The van der Waals surface area contributed by atoms with Crippen LogP contribution >= 0.6 is 0 Å². The second-order valence-electron chi connectivity index (χ2n) is 9.57. The predicted octanol–water partition coefficient (Wildman–Crippen LogP) is 4.52. The topological polar surface area (TPSA) is 81.1 Å². The zero-order chi connectivity index (χ0) is 25.3. The molecular formula is C27H32FN3O3S. The molecule has 0 fully saturated rings. The molecule has 1 aromatic heterocycles. The molecule has 186 valence electrons. The monoisotopic (exact) mass is 497 g/mol. The first-order valence-corrected chi connectivity index (χ1v) is 13.7. The lowest BCUT2D eigenvalue weighted by Crippen LogP contribution is -2.46. The zero-order valence-electron chi connectivity index (χ0n) is 20.6. The number of benzene rings is 2. The predicted molar refractivity (Wildman–Crippen MR) is 137 cm³/mol. The Bertz CT molecular complexity index is 1400. The molecule has 6 nitrogen and oxygen atoms in total. The van der Waals surface area contributed by atoms with Crippen molar-refractivity contribution in [3.8, 4) is 11.1 Å². The van der Waals surface area contributed by atoms with Crippen molar-refractivity contribution in [1.82, 2.24) is 14.3 Å². The molecule has 0 saturated carbocycles. The highest BCUT2D eigenvalue weighted by Crippen LogP contribution is 2.34. The fraction of sp³-hybridized carbons (Fsp3) is 0.407. The quantitative estimate of drug-likeness (QED) is 0.521. The van der Waals surface area contributed by atoms with E-state index in [1.165, 1.54) is 6.07 Å². The first-order chi connectivity index (χ1) is 16.6. The highest BCUT2D eigenvalue weighted by molar-refractivity contribution is 7.89. The highest BCUT2D eigenvalue weighted by atomic mass is 32.2. The maximum Gasteiger partial charge on any atom is 0.257 e. The summed E-state index contributed by atoms with van der Waals surface area (Å²) in [6.07, 6.45) is 3.11. The molecule has 0 amide bonds. The maximum absolute atomic E-state index is 14.6. The number of nitrogens with zero attached hydrogens (tertiary/aromatic N) is 2. The molecule has 35 heavy (non-hydrogen) atoms. The molecule has 1 N–H and O–H groups in total. The number of nitrogens with one attached hydrogen (secondary N) is 1. The zero-order valence-corrected chi connectivity index (χ0v) is 21.4. The first-order valence-electron chi connectivity index (χ1n) is 12.0. The smallest absolute Gasteiger partial charge is 0.257 e. The van der Waals surface area contributed by atoms with Gasteiger partial charge in [0.1, 0.15) is 5.82 Å². The summed E-state index contributed by atoms with van der Waals surface area (Å²) >= 11 is 0. The van der Waals surface area contributed by atoms with Crippen LogP contribution in [0.4, 0.5) is 4.39 Å². The summed E-state index contributed by atoms with van der Waals surface area (Å²) < 4.78 is 44.0. The Morgan fingerprint density at radius 1 is 1.20 bits per heavy atom. The van der Waals surface area contributed by atoms with Crippen LogP contribution in [0.15, 0.2) is 53.6 Å². The van der Waals surface area contributed by atoms with E-state index in [1.807, 2.05) is 51.1 Å². The number of fused-ring (bicyclic) bond motifs is 1. The molecular weight excluding hydrogens is 465 g/mol. The van der Waals surface area contributed by atoms with Crippen molar-refractivity contribution in [2.24, 2.45) is 0 Å². The lowest BCUT2D eigenvalue weighted by molar-refractivity contribution is 0.412. The molecule has 1 aliphatic carbocycles. The first kappa shape index (κ1) is 25.3. The van der Waals surface area contributed by atoms with Gasteiger partial charge in [-0.2, -0.15) is 0 Å². The van der Waals surface area contributed by atoms with E-state index in [0.29, 0.717) is 30.4 Å². The third-order valence-electron chi connectivity index (χ3n) is 6.75. The van der Waals surface area contributed by atoms with Crippen LogP contribution in [0.3, 0.4) is 0 Å². The minimum absolute atomic E-state index is 0.0333. The fourth-order valence-electron chi connectivity index (χ4n) is 4.83. The van der Waals surface area contributed by atoms with Gasteiger partial charge in [-0.3, -0.25) is 9.36 Å². The molecule has 0 radical (unpaired) electrons. The Kier molecular flexibility index (Phi) is 7.24. The van der Waals surface area contributed by atoms with Crippen molar-refractivity contribution < 1.29 is 12.8 Å². The van der Waals surface area contributed by atoms with Crippen molar-refractivity contribution >= 4 is 10.0 Å². The molecule has 2 unspecified atom stereocenters. The summed E-state index contributed by atoms with van der Waals surface area (Å²) in [7, 11) is -3.48. The Labute approximate surface area is 206 Å². The summed E-state index contributed by atoms with van der Waals surface area (Å²) in [5.74, 6) is -0.716. The normalized spacial score (nSPS) is 18.0. The Balaban J connectivity index is 1.79. The minimum Gasteiger partial charge on any atom is -0.296 e. The standard InChI is InChI=1S/C27H32FN3O3S/c1-5-35(33,34)30-24-11-12-25-26(27(32)31(16-29-25)17(2)3)22(24)15-19-7-6-8-20(14-19)21-13-18(4)9-10-23(21)28/h6-10,13-14,16-17,22,24,30H,5,11-12,15H2,1-4H3. The Hall–Kier alpha value is -2.84. The Morgan fingerprint density at radius 2 is 1.97 bits per heavy atom. The molecule has 3 aromatic rings. The van der Waals surface area contributed by atoms with Crippen LogP contribution in [0.25, 0.3) is 11.1 Å². The third-order valence-corrected chi connectivity index (χ3v) is 8.17. The molecule has 0 spiro atoms. The van der Waals surface area contributed by atoms with Gasteiger partial charge in [0.25, 0.3) is 5.56 Å². The lowest BCUT2D eigenvalue weighted by Gasteiger charge is -2.33. The van der Waals surface area contributed by atoms with Gasteiger partial charge in [-0.15, -0.1) is 0 Å². The van der Waals surface area contributed by atoms with E-state index < -0.39 is 16.1 Å². The van der Waals surface area contributed by atoms with Crippen LogP contribution < -0.4 is 10.3 Å². The molecule has 0 saturated heterocycles. The second-order valence-corrected chi connectivity index (χ2v) is 11.6. The van der Waals surface area contributed by atoms with Gasteiger partial charge in [0.15, 0.2) is 0 Å². The van der Waals surface area contributed by atoms with Gasteiger partial charge in [0, 0.05) is 29.1 Å². The number of aryl methyl sites for hydroxylation is 2. The second kappa shape index (κ2) is 10.0. The number of rotatable bonds is 7. The fourth-order valence-corrected chi connectivity index (χ4v) is 5.74. The summed E-state index contributed by atoms with van der Waals surface area (Å²) in [6.45, 7) is 7.36. The number of sulfonamides is 1. The van der Waals surface area contributed by atoms with E-state index >= 15 is 0 Å². The molecule has 0 aliphatic heterocycles. The molecule has 0 bridgehead atoms. The van der Waals surface area contributed by atoms with Crippen molar-refractivity contribution in [2.45, 2.75) is 65.0 Å². The van der Waals surface area contributed by atoms with Crippen LogP contribution in [0, 0.1) is 12.7 Å². The van der Waals surface area contributed by atoms with Gasteiger partial charge in [-0.25, -0.2) is 22.5 Å². The Morgan fingerprint density at radius 3 is 2.69 bits per heavy atom. The van der Waals surface area contributed by atoms with Gasteiger partial charge in [-0.05, 0) is 70.2 Å². The maximum atomic E-state index is 14.6. The number of aromatic nitrogens is 2. The van der Waals surface area contributed by atoms with E-state index in [-0.39, 0.29) is 29.1 Å². The van der Waals surface area contributed by atoms with Gasteiger partial charge in [0.2, 0.25) is 10.0 Å². The van der Waals surface area contributed by atoms with Gasteiger partial charge in [0.05, 0.1) is 17.8 Å². The summed E-state index contributed by atoms with van der Waals surface area (Å²) in [4.78, 5) is 18.1. The SMILES string of the molecule is CCS(=O)(=O)NC1CCc2ncn(C(C)C)c(=O)c2C1Cc1cccc(-c2cc(C)ccc2F)c1. The van der Waals surface area contributed by atoms with Gasteiger partial charge >= 0.3 is 0 Å². The minimum atomic E-state index is -3.48. The van der Waals surface area contributed by atoms with Crippen molar-refractivity contribution in [3.05, 3.63) is 87.3 Å². The molecule has 8 heteroatoms. The number of hydrogen-bond donors (Lipinski definition) is 1.